The molecule has 2 aromatic carbocycles. The first-order chi connectivity index (χ1) is 11.0. The van der Waals surface area contributed by atoms with Gasteiger partial charge in [-0.15, -0.1) is 0 Å². The van der Waals surface area contributed by atoms with Gasteiger partial charge < -0.3 is 10.1 Å². The lowest BCUT2D eigenvalue weighted by molar-refractivity contribution is 0.234. The van der Waals surface area contributed by atoms with Crippen LogP contribution in [-0.4, -0.2) is 12.6 Å². The van der Waals surface area contributed by atoms with E-state index in [1.54, 1.807) is 0 Å². The van der Waals surface area contributed by atoms with Crippen molar-refractivity contribution in [2.24, 2.45) is 0 Å². The zero-order valence-electron chi connectivity index (χ0n) is 15.0. The molecule has 0 aliphatic heterocycles. The molecule has 1 unspecified atom stereocenters. The number of rotatable bonds is 7. The Morgan fingerprint density at radius 3 is 2.30 bits per heavy atom. The maximum absolute atomic E-state index is 6.02. The third-order valence-electron chi connectivity index (χ3n) is 4.19. The summed E-state index contributed by atoms with van der Waals surface area (Å²) in [4.78, 5) is 0. The van der Waals surface area contributed by atoms with Crippen molar-refractivity contribution in [2.45, 2.75) is 53.1 Å². The summed E-state index contributed by atoms with van der Waals surface area (Å²) in [6.45, 7) is 11.6. The van der Waals surface area contributed by atoms with Gasteiger partial charge in [-0.25, -0.2) is 0 Å². The molecular weight excluding hydrogens is 282 g/mol. The second-order valence-corrected chi connectivity index (χ2v) is 6.50. The average molecular weight is 311 g/mol. The zero-order chi connectivity index (χ0) is 16.8. The summed E-state index contributed by atoms with van der Waals surface area (Å²) in [6.07, 6.45) is 1.15. The molecule has 1 N–H and O–H groups in total. The van der Waals surface area contributed by atoms with Crippen molar-refractivity contribution in [3.05, 3.63) is 59.2 Å². The monoisotopic (exact) mass is 311 g/mol. The number of hydrogen-bond donors (Lipinski definition) is 1. The van der Waals surface area contributed by atoms with Crippen LogP contribution in [0.2, 0.25) is 0 Å². The van der Waals surface area contributed by atoms with Gasteiger partial charge in [0.05, 0.1) is 6.54 Å². The van der Waals surface area contributed by atoms with Crippen LogP contribution in [0.25, 0.3) is 0 Å². The van der Waals surface area contributed by atoms with Crippen LogP contribution in [0.3, 0.4) is 0 Å². The van der Waals surface area contributed by atoms with Gasteiger partial charge in [-0.3, -0.25) is 0 Å². The van der Waals surface area contributed by atoms with Crippen molar-refractivity contribution >= 4 is 5.69 Å². The minimum atomic E-state index is 0.115. The highest BCUT2D eigenvalue weighted by atomic mass is 16.5. The number of aryl methyl sites for hydroxylation is 2. The maximum atomic E-state index is 6.02. The number of nitrogens with one attached hydrogen (secondary N) is 1. The van der Waals surface area contributed by atoms with E-state index in [2.05, 4.69) is 82.4 Å². The zero-order valence-corrected chi connectivity index (χ0v) is 15.0. The Labute approximate surface area is 140 Å². The minimum absolute atomic E-state index is 0.115. The van der Waals surface area contributed by atoms with Gasteiger partial charge in [0.1, 0.15) is 11.9 Å². The van der Waals surface area contributed by atoms with Gasteiger partial charge in [0.25, 0.3) is 0 Å². The molecule has 0 aromatic heterocycles. The maximum Gasteiger partial charge on any atom is 0.119 e. The third-order valence-corrected chi connectivity index (χ3v) is 4.19. The number of benzene rings is 2. The number of ether oxygens (including phenoxy) is 1. The van der Waals surface area contributed by atoms with E-state index < -0.39 is 0 Å². The Hall–Kier alpha value is -1.96. The molecule has 0 amide bonds. The van der Waals surface area contributed by atoms with Crippen molar-refractivity contribution in [3.63, 3.8) is 0 Å². The quantitative estimate of drug-likeness (QED) is 0.722. The highest BCUT2D eigenvalue weighted by molar-refractivity contribution is 5.57. The Kier molecular flexibility index (Phi) is 6.09. The van der Waals surface area contributed by atoms with Crippen LogP contribution in [0.4, 0.5) is 5.69 Å². The molecule has 0 aliphatic rings. The molecule has 0 radical (unpaired) electrons. The van der Waals surface area contributed by atoms with Crippen LogP contribution < -0.4 is 10.1 Å². The molecule has 23 heavy (non-hydrogen) atoms. The van der Waals surface area contributed by atoms with E-state index in [9.17, 15) is 0 Å². The van der Waals surface area contributed by atoms with Gasteiger partial charge in [0, 0.05) is 5.69 Å². The Bertz CT molecular complexity index is 616. The summed E-state index contributed by atoms with van der Waals surface area (Å²) in [5, 5.41) is 3.56. The fourth-order valence-electron chi connectivity index (χ4n) is 2.73. The molecule has 0 bridgehead atoms. The molecule has 2 rings (SSSR count). The lowest BCUT2D eigenvalue weighted by Gasteiger charge is -2.19. The van der Waals surface area contributed by atoms with E-state index in [0.717, 1.165) is 18.7 Å². The first-order valence-corrected chi connectivity index (χ1v) is 8.60. The number of anilines is 1. The largest absolute Gasteiger partial charge is 0.489 e. The SMILES string of the molecule is CCc1cccc(C)c1NCC(C)Oc1ccc(C(C)C)cc1. The van der Waals surface area contributed by atoms with Crippen LogP contribution in [0.15, 0.2) is 42.5 Å². The fraction of sp³-hybridized carbons (Fsp3) is 0.429. The number of para-hydroxylation sites is 1. The molecule has 124 valence electrons. The van der Waals surface area contributed by atoms with E-state index in [1.165, 1.54) is 22.4 Å². The summed E-state index contributed by atoms with van der Waals surface area (Å²) < 4.78 is 6.02. The van der Waals surface area contributed by atoms with Crippen LogP contribution in [0, 0.1) is 6.92 Å². The molecule has 0 heterocycles. The summed E-state index contributed by atoms with van der Waals surface area (Å²) in [5.41, 5.74) is 5.24. The van der Waals surface area contributed by atoms with Gasteiger partial charge >= 0.3 is 0 Å². The summed E-state index contributed by atoms with van der Waals surface area (Å²) in [7, 11) is 0. The molecule has 0 fully saturated rings. The molecule has 0 saturated heterocycles. The molecule has 0 spiro atoms. The van der Waals surface area contributed by atoms with E-state index >= 15 is 0 Å². The number of hydrogen-bond acceptors (Lipinski definition) is 2. The summed E-state index contributed by atoms with van der Waals surface area (Å²) in [5.74, 6) is 1.49. The van der Waals surface area contributed by atoms with Crippen molar-refractivity contribution < 1.29 is 4.74 Å². The predicted octanol–water partition coefficient (Wildman–Crippen LogP) is 5.56. The van der Waals surface area contributed by atoms with Gasteiger partial charge in [-0.2, -0.15) is 0 Å². The Morgan fingerprint density at radius 2 is 1.70 bits per heavy atom. The normalized spacial score (nSPS) is 12.3. The molecule has 1 atom stereocenters. The second-order valence-electron chi connectivity index (χ2n) is 6.50. The van der Waals surface area contributed by atoms with Crippen molar-refractivity contribution in [3.8, 4) is 5.75 Å². The van der Waals surface area contributed by atoms with Gasteiger partial charge in [0.2, 0.25) is 0 Å². The van der Waals surface area contributed by atoms with Crippen LogP contribution >= 0.6 is 0 Å². The molecule has 2 aromatic rings. The first kappa shape index (κ1) is 17.4. The van der Waals surface area contributed by atoms with Gasteiger partial charge in [-0.05, 0) is 55.0 Å². The molecule has 2 nitrogen and oxygen atoms in total. The summed E-state index contributed by atoms with van der Waals surface area (Å²) in [6, 6.07) is 14.9. The third kappa shape index (κ3) is 4.75. The molecule has 0 saturated carbocycles. The van der Waals surface area contributed by atoms with E-state index in [0.29, 0.717) is 5.92 Å². The highest BCUT2D eigenvalue weighted by Gasteiger charge is 2.08. The van der Waals surface area contributed by atoms with E-state index in [4.69, 9.17) is 4.74 Å². The first-order valence-electron chi connectivity index (χ1n) is 8.60. The predicted molar refractivity (Wildman–Crippen MR) is 99.7 cm³/mol. The van der Waals surface area contributed by atoms with Crippen LogP contribution in [0.1, 0.15) is 50.3 Å². The Balaban J connectivity index is 1.94. The van der Waals surface area contributed by atoms with Crippen molar-refractivity contribution in [2.75, 3.05) is 11.9 Å². The van der Waals surface area contributed by atoms with Crippen LogP contribution in [0.5, 0.6) is 5.75 Å². The fourth-order valence-corrected chi connectivity index (χ4v) is 2.73. The lowest BCUT2D eigenvalue weighted by Crippen LogP contribution is -2.23. The van der Waals surface area contributed by atoms with Crippen molar-refractivity contribution in [1.29, 1.82) is 0 Å². The molecule has 2 heteroatoms. The van der Waals surface area contributed by atoms with Crippen molar-refractivity contribution in [1.82, 2.24) is 0 Å². The van der Waals surface area contributed by atoms with Crippen LogP contribution in [-0.2, 0) is 6.42 Å². The molecule has 0 aliphatic carbocycles. The summed E-state index contributed by atoms with van der Waals surface area (Å²) >= 11 is 0. The smallest absolute Gasteiger partial charge is 0.119 e. The van der Waals surface area contributed by atoms with Gasteiger partial charge in [-0.1, -0.05) is 51.1 Å². The highest BCUT2D eigenvalue weighted by Crippen LogP contribution is 2.22. The van der Waals surface area contributed by atoms with E-state index in [-0.39, 0.29) is 6.10 Å². The topological polar surface area (TPSA) is 21.3 Å². The molecular formula is C21H29NO. The van der Waals surface area contributed by atoms with Gasteiger partial charge in [0.15, 0.2) is 0 Å². The Morgan fingerprint density at radius 1 is 1.00 bits per heavy atom. The second kappa shape index (κ2) is 8.05. The van der Waals surface area contributed by atoms with E-state index in [1.807, 2.05) is 0 Å². The average Bonchev–Trinajstić information content (AvgIpc) is 2.54. The standard InChI is InChI=1S/C21H29NO/c1-6-18-9-7-8-16(4)21(18)22-14-17(5)23-20-12-10-19(11-13-20)15(2)3/h7-13,15,17,22H,6,14H2,1-5H3. The lowest BCUT2D eigenvalue weighted by atomic mass is 10.0. The minimum Gasteiger partial charge on any atom is -0.489 e.